The van der Waals surface area contributed by atoms with Gasteiger partial charge in [0.2, 0.25) is 0 Å². The summed E-state index contributed by atoms with van der Waals surface area (Å²) in [5, 5.41) is 12.9. The Kier molecular flexibility index (Phi) is 4.49. The number of fused-ring (bicyclic) bond motifs is 1. The van der Waals surface area contributed by atoms with Crippen LogP contribution in [0.2, 0.25) is 5.02 Å². The maximum Gasteiger partial charge on any atom is 0.173 e. The first-order valence-corrected chi connectivity index (χ1v) is 8.70. The predicted molar refractivity (Wildman–Crippen MR) is 107 cm³/mol. The lowest BCUT2D eigenvalue weighted by Crippen LogP contribution is -2.17. The summed E-state index contributed by atoms with van der Waals surface area (Å²) in [5.41, 5.74) is 8.42. The smallest absolute Gasteiger partial charge is 0.173 e. The number of oxime groups is 1. The molecule has 0 atom stereocenters. The fourth-order valence-electron chi connectivity index (χ4n) is 3.31. The zero-order chi connectivity index (χ0) is 19.8. The van der Waals surface area contributed by atoms with Crippen molar-refractivity contribution in [2.24, 2.45) is 10.9 Å². The first-order valence-electron chi connectivity index (χ1n) is 8.33. The van der Waals surface area contributed by atoms with Gasteiger partial charge in [-0.15, -0.1) is 0 Å². The Hall–Kier alpha value is -3.38. The van der Waals surface area contributed by atoms with E-state index in [1.165, 1.54) is 24.3 Å². The lowest BCUT2D eigenvalue weighted by Gasteiger charge is -2.17. The van der Waals surface area contributed by atoms with E-state index in [9.17, 15) is 14.0 Å². The minimum Gasteiger partial charge on any atom is -0.409 e. The highest BCUT2D eigenvalue weighted by molar-refractivity contribution is 6.32. The molecule has 140 valence electrons. The maximum absolute atomic E-state index is 14.9. The molecule has 4 rings (SSSR count). The minimum atomic E-state index is -0.845. The molecule has 0 unspecified atom stereocenters. The number of nitrogens with one attached hydrogen (secondary N) is 1. The Morgan fingerprint density at radius 1 is 1.04 bits per heavy atom. The van der Waals surface area contributed by atoms with Crippen molar-refractivity contribution in [2.75, 3.05) is 0 Å². The summed E-state index contributed by atoms with van der Waals surface area (Å²) >= 11 is 6.11. The van der Waals surface area contributed by atoms with Crippen LogP contribution in [0, 0.1) is 11.6 Å². The zero-order valence-electron chi connectivity index (χ0n) is 14.4. The van der Waals surface area contributed by atoms with Crippen LogP contribution in [0.1, 0.15) is 5.56 Å². The van der Waals surface area contributed by atoms with Crippen LogP contribution < -0.4 is 5.73 Å². The molecule has 4 nitrogen and oxygen atoms in total. The van der Waals surface area contributed by atoms with Crippen molar-refractivity contribution in [1.82, 2.24) is 4.98 Å². The average molecular weight is 398 g/mol. The van der Waals surface area contributed by atoms with Crippen LogP contribution in [0.5, 0.6) is 0 Å². The van der Waals surface area contributed by atoms with E-state index in [0.717, 1.165) is 16.5 Å². The van der Waals surface area contributed by atoms with Crippen molar-refractivity contribution in [3.05, 3.63) is 83.0 Å². The summed E-state index contributed by atoms with van der Waals surface area (Å²) in [7, 11) is 0. The number of halogens is 3. The van der Waals surface area contributed by atoms with Gasteiger partial charge in [0.15, 0.2) is 11.7 Å². The van der Waals surface area contributed by atoms with Gasteiger partial charge in [-0.1, -0.05) is 35.0 Å². The van der Waals surface area contributed by atoms with Crippen LogP contribution in [0.3, 0.4) is 0 Å². The minimum absolute atomic E-state index is 0.189. The molecule has 4 aromatic rings. The summed E-state index contributed by atoms with van der Waals surface area (Å²) in [6, 6.07) is 14.6. The Balaban J connectivity index is 2.11. The Morgan fingerprint density at radius 2 is 1.86 bits per heavy atom. The van der Waals surface area contributed by atoms with Gasteiger partial charge in [0.05, 0.1) is 10.6 Å². The lowest BCUT2D eigenvalue weighted by molar-refractivity contribution is 0.318. The summed E-state index contributed by atoms with van der Waals surface area (Å²) in [6.45, 7) is 0. The van der Waals surface area contributed by atoms with Crippen LogP contribution in [0.25, 0.3) is 33.2 Å². The van der Waals surface area contributed by atoms with Gasteiger partial charge in [0, 0.05) is 17.3 Å². The standard InChI is InChI=1S/C21H14ClF2N3O/c22-16-10-15(11-4-5-17-12(8-11)6-7-26-17)18(13-2-1-3-14(23)9-13)19(20(16)24)21(25)27-28/h1-10,26,28H,(H2,25,27). The van der Waals surface area contributed by atoms with Crippen LogP contribution in [0.4, 0.5) is 8.78 Å². The maximum atomic E-state index is 14.9. The van der Waals surface area contributed by atoms with Crippen LogP contribution in [0.15, 0.2) is 65.9 Å². The molecule has 0 spiro atoms. The normalized spacial score (nSPS) is 11.9. The first-order chi connectivity index (χ1) is 13.5. The molecule has 1 heterocycles. The monoisotopic (exact) mass is 397 g/mol. The largest absolute Gasteiger partial charge is 0.409 e. The summed E-state index contributed by atoms with van der Waals surface area (Å²) in [5.74, 6) is -1.80. The number of hydrogen-bond donors (Lipinski definition) is 3. The molecular weight excluding hydrogens is 384 g/mol. The van der Waals surface area contributed by atoms with Gasteiger partial charge in [-0.25, -0.2) is 8.78 Å². The van der Waals surface area contributed by atoms with Crippen molar-refractivity contribution >= 4 is 28.3 Å². The zero-order valence-corrected chi connectivity index (χ0v) is 15.1. The van der Waals surface area contributed by atoms with Gasteiger partial charge in [0.1, 0.15) is 5.82 Å². The number of nitrogens with zero attached hydrogens (tertiary/aromatic N) is 1. The molecule has 0 aliphatic carbocycles. The number of aromatic amines is 1. The number of H-pyrrole nitrogens is 1. The highest BCUT2D eigenvalue weighted by atomic mass is 35.5. The third-order valence-electron chi connectivity index (χ3n) is 4.56. The molecule has 0 saturated heterocycles. The Morgan fingerprint density at radius 3 is 2.61 bits per heavy atom. The summed E-state index contributed by atoms with van der Waals surface area (Å²) in [4.78, 5) is 3.10. The molecule has 0 aliphatic heterocycles. The number of aromatic nitrogens is 1. The van der Waals surface area contributed by atoms with Crippen molar-refractivity contribution in [2.45, 2.75) is 0 Å². The molecule has 0 radical (unpaired) electrons. The number of amidine groups is 1. The molecule has 0 amide bonds. The molecule has 1 aromatic heterocycles. The van der Waals surface area contributed by atoms with Crippen molar-refractivity contribution in [3.63, 3.8) is 0 Å². The van der Waals surface area contributed by atoms with E-state index >= 15 is 0 Å². The molecule has 0 fully saturated rings. The summed E-state index contributed by atoms with van der Waals surface area (Å²) < 4.78 is 28.8. The highest BCUT2D eigenvalue weighted by Crippen LogP contribution is 2.40. The third-order valence-corrected chi connectivity index (χ3v) is 4.84. The SMILES string of the molecule is NC(=NO)c1c(F)c(Cl)cc(-c2ccc3[nH]ccc3c2)c1-c1cccc(F)c1. The molecule has 28 heavy (non-hydrogen) atoms. The van der Waals surface area contributed by atoms with Crippen molar-refractivity contribution < 1.29 is 14.0 Å². The second-order valence-corrected chi connectivity index (χ2v) is 6.65. The quantitative estimate of drug-likeness (QED) is 0.184. The van der Waals surface area contributed by atoms with Crippen LogP contribution >= 0.6 is 11.6 Å². The first kappa shape index (κ1) is 18.0. The second-order valence-electron chi connectivity index (χ2n) is 6.25. The van der Waals surface area contributed by atoms with E-state index in [4.69, 9.17) is 17.3 Å². The second kappa shape index (κ2) is 6.98. The van der Waals surface area contributed by atoms with Gasteiger partial charge >= 0.3 is 0 Å². The fourth-order valence-corrected chi connectivity index (χ4v) is 3.51. The fraction of sp³-hybridized carbons (Fsp3) is 0. The van der Waals surface area contributed by atoms with Crippen LogP contribution in [-0.4, -0.2) is 16.0 Å². The van der Waals surface area contributed by atoms with Gasteiger partial charge in [-0.2, -0.15) is 0 Å². The molecule has 3 aromatic carbocycles. The number of rotatable bonds is 3. The van der Waals surface area contributed by atoms with E-state index < -0.39 is 17.5 Å². The predicted octanol–water partition coefficient (Wildman–Crippen LogP) is 5.53. The average Bonchev–Trinajstić information content (AvgIpc) is 3.16. The summed E-state index contributed by atoms with van der Waals surface area (Å²) in [6.07, 6.45) is 1.81. The number of benzene rings is 3. The van der Waals surface area contributed by atoms with Crippen molar-refractivity contribution in [1.29, 1.82) is 0 Å². The Bertz CT molecular complexity index is 1230. The van der Waals surface area contributed by atoms with E-state index in [2.05, 4.69) is 10.1 Å². The van der Waals surface area contributed by atoms with Crippen molar-refractivity contribution in [3.8, 4) is 22.3 Å². The molecule has 0 bridgehead atoms. The molecular formula is C21H14ClF2N3O. The van der Waals surface area contributed by atoms with E-state index in [0.29, 0.717) is 11.1 Å². The topological polar surface area (TPSA) is 74.4 Å². The lowest BCUT2D eigenvalue weighted by atomic mass is 9.89. The van der Waals surface area contributed by atoms with Crippen LogP contribution in [-0.2, 0) is 0 Å². The molecule has 7 heteroatoms. The van der Waals surface area contributed by atoms with Gasteiger partial charge in [-0.05, 0) is 58.5 Å². The third kappa shape index (κ3) is 2.97. The Labute approximate surface area is 163 Å². The van der Waals surface area contributed by atoms with Gasteiger partial charge in [-0.3, -0.25) is 0 Å². The van der Waals surface area contributed by atoms with Gasteiger partial charge in [0.25, 0.3) is 0 Å². The van der Waals surface area contributed by atoms with Gasteiger partial charge < -0.3 is 15.9 Å². The van der Waals surface area contributed by atoms with E-state index in [1.807, 2.05) is 24.3 Å². The molecule has 0 saturated carbocycles. The van der Waals surface area contributed by atoms with E-state index in [-0.39, 0.29) is 16.1 Å². The molecule has 4 N–H and O–H groups in total. The number of hydrogen-bond acceptors (Lipinski definition) is 2. The van der Waals surface area contributed by atoms with E-state index in [1.54, 1.807) is 12.3 Å². The highest BCUT2D eigenvalue weighted by Gasteiger charge is 2.23. The molecule has 0 aliphatic rings. The number of nitrogens with two attached hydrogens (primary N) is 1.